The molecular weight excluding hydrogens is 348 g/mol. The number of benzene rings is 2. The first kappa shape index (κ1) is 19.9. The summed E-state index contributed by atoms with van der Waals surface area (Å²) in [6, 6.07) is 18.7. The third-order valence-corrected chi connectivity index (χ3v) is 5.12. The summed E-state index contributed by atoms with van der Waals surface area (Å²) in [6.07, 6.45) is 0.334. The second-order valence-electron chi connectivity index (χ2n) is 7.40. The summed E-state index contributed by atoms with van der Waals surface area (Å²) >= 11 is 0. The number of hydrogen-bond donors (Lipinski definition) is 0. The Morgan fingerprint density at radius 2 is 1.68 bits per heavy atom. The van der Waals surface area contributed by atoms with Gasteiger partial charge < -0.3 is 9.80 Å². The van der Waals surface area contributed by atoms with Crippen molar-refractivity contribution in [2.24, 2.45) is 0 Å². The number of rotatable bonds is 6. The maximum Gasteiger partial charge on any atom is 0.241 e. The number of anilines is 2. The number of aryl methyl sites for hydroxylation is 2. The monoisotopic (exact) mass is 376 g/mol. The van der Waals surface area contributed by atoms with Crippen LogP contribution in [0.15, 0.2) is 48.5 Å². The number of nitriles is 1. The standard InChI is InChI=1S/C23H28N4O/c1-19-15-20(2)17-22(16-19)27(10-6-9-24)23(28)18-25-11-13-26(14-12-25)21-7-4-3-5-8-21/h3-5,7-8,15-17H,6,10-14,18H2,1-2H3. The fourth-order valence-corrected chi connectivity index (χ4v) is 3.75. The number of nitrogens with zero attached hydrogens (tertiary/aromatic N) is 4. The molecule has 0 spiro atoms. The SMILES string of the molecule is Cc1cc(C)cc(N(CCC#N)C(=O)CN2CCN(c3ccccc3)CC2)c1. The molecule has 1 amide bonds. The van der Waals surface area contributed by atoms with Crippen LogP contribution < -0.4 is 9.80 Å². The minimum Gasteiger partial charge on any atom is -0.369 e. The van der Waals surface area contributed by atoms with Crippen molar-refractivity contribution in [2.75, 3.05) is 49.1 Å². The first-order valence-electron chi connectivity index (χ1n) is 9.85. The Bertz CT molecular complexity index is 815. The molecule has 0 aromatic heterocycles. The Hall–Kier alpha value is -2.84. The minimum atomic E-state index is 0.0633. The molecule has 0 radical (unpaired) electrons. The molecule has 3 rings (SSSR count). The largest absolute Gasteiger partial charge is 0.369 e. The van der Waals surface area contributed by atoms with Gasteiger partial charge in [-0.3, -0.25) is 9.69 Å². The number of amides is 1. The lowest BCUT2D eigenvalue weighted by molar-refractivity contribution is -0.119. The van der Waals surface area contributed by atoms with Crippen molar-refractivity contribution < 1.29 is 4.79 Å². The van der Waals surface area contributed by atoms with Gasteiger partial charge in [-0.25, -0.2) is 0 Å². The lowest BCUT2D eigenvalue weighted by Crippen LogP contribution is -2.50. The molecule has 1 aliphatic heterocycles. The highest BCUT2D eigenvalue weighted by atomic mass is 16.2. The topological polar surface area (TPSA) is 50.6 Å². The Morgan fingerprint density at radius 1 is 1.04 bits per heavy atom. The molecule has 0 saturated carbocycles. The van der Waals surface area contributed by atoms with Crippen LogP contribution in [0.5, 0.6) is 0 Å². The first-order chi connectivity index (χ1) is 13.6. The molecule has 28 heavy (non-hydrogen) atoms. The number of carbonyl (C=O) groups is 1. The van der Waals surface area contributed by atoms with Gasteiger partial charge in [0.15, 0.2) is 0 Å². The van der Waals surface area contributed by atoms with E-state index in [4.69, 9.17) is 5.26 Å². The van der Waals surface area contributed by atoms with Crippen LogP contribution in [0.3, 0.4) is 0 Å². The molecule has 2 aromatic carbocycles. The van der Waals surface area contributed by atoms with Crippen molar-refractivity contribution >= 4 is 17.3 Å². The zero-order valence-electron chi connectivity index (χ0n) is 16.8. The van der Waals surface area contributed by atoms with Crippen molar-refractivity contribution in [3.05, 3.63) is 59.7 Å². The van der Waals surface area contributed by atoms with Gasteiger partial charge in [-0.1, -0.05) is 24.3 Å². The average Bonchev–Trinajstić information content (AvgIpc) is 2.69. The van der Waals surface area contributed by atoms with Crippen LogP contribution in [-0.2, 0) is 4.79 Å². The van der Waals surface area contributed by atoms with E-state index in [1.807, 2.05) is 32.0 Å². The van der Waals surface area contributed by atoms with Gasteiger partial charge in [0.1, 0.15) is 0 Å². The van der Waals surface area contributed by atoms with Crippen LogP contribution in [0.2, 0.25) is 0 Å². The molecule has 5 nitrogen and oxygen atoms in total. The fraction of sp³-hybridized carbons (Fsp3) is 0.391. The van der Waals surface area contributed by atoms with Crippen LogP contribution in [0.1, 0.15) is 17.5 Å². The van der Waals surface area contributed by atoms with E-state index in [0.717, 1.165) is 43.0 Å². The van der Waals surface area contributed by atoms with E-state index in [0.29, 0.717) is 19.5 Å². The number of hydrogen-bond acceptors (Lipinski definition) is 4. The lowest BCUT2D eigenvalue weighted by Gasteiger charge is -2.36. The van der Waals surface area contributed by atoms with Crippen molar-refractivity contribution in [1.29, 1.82) is 5.26 Å². The van der Waals surface area contributed by atoms with E-state index in [2.05, 4.69) is 46.2 Å². The summed E-state index contributed by atoms with van der Waals surface area (Å²) in [5.74, 6) is 0.0633. The molecular formula is C23H28N4O. The van der Waals surface area contributed by atoms with Crippen molar-refractivity contribution in [3.63, 3.8) is 0 Å². The molecule has 0 bridgehead atoms. The number of piperazine rings is 1. The summed E-state index contributed by atoms with van der Waals surface area (Å²) in [7, 11) is 0. The van der Waals surface area contributed by atoms with Crippen LogP contribution >= 0.6 is 0 Å². The maximum atomic E-state index is 13.1. The Balaban J connectivity index is 1.63. The summed E-state index contributed by atoms with van der Waals surface area (Å²) in [6.45, 7) is 8.44. The van der Waals surface area contributed by atoms with Crippen molar-refractivity contribution in [3.8, 4) is 6.07 Å². The van der Waals surface area contributed by atoms with E-state index in [9.17, 15) is 4.79 Å². The van der Waals surface area contributed by atoms with Crippen LogP contribution in [0.25, 0.3) is 0 Å². The van der Waals surface area contributed by atoms with E-state index in [-0.39, 0.29) is 5.91 Å². The summed E-state index contributed by atoms with van der Waals surface area (Å²) < 4.78 is 0. The third kappa shape index (κ3) is 5.11. The molecule has 1 aliphatic rings. The summed E-state index contributed by atoms with van der Waals surface area (Å²) in [5.41, 5.74) is 4.38. The zero-order valence-corrected chi connectivity index (χ0v) is 16.8. The number of carbonyl (C=O) groups excluding carboxylic acids is 1. The Morgan fingerprint density at radius 3 is 2.29 bits per heavy atom. The molecule has 0 N–H and O–H groups in total. The molecule has 146 valence electrons. The van der Waals surface area contributed by atoms with Crippen LogP contribution in [0.4, 0.5) is 11.4 Å². The first-order valence-corrected chi connectivity index (χ1v) is 9.85. The minimum absolute atomic E-state index is 0.0633. The van der Waals surface area contributed by atoms with Crippen LogP contribution in [0, 0.1) is 25.2 Å². The van der Waals surface area contributed by atoms with Gasteiger partial charge >= 0.3 is 0 Å². The van der Waals surface area contributed by atoms with E-state index in [1.165, 1.54) is 5.69 Å². The highest BCUT2D eigenvalue weighted by molar-refractivity contribution is 5.95. The highest BCUT2D eigenvalue weighted by Gasteiger charge is 2.23. The van der Waals surface area contributed by atoms with Gasteiger partial charge in [0.05, 0.1) is 19.0 Å². The highest BCUT2D eigenvalue weighted by Crippen LogP contribution is 2.20. The van der Waals surface area contributed by atoms with Gasteiger partial charge in [0.2, 0.25) is 5.91 Å². The summed E-state index contributed by atoms with van der Waals surface area (Å²) in [5, 5.41) is 9.01. The van der Waals surface area contributed by atoms with Gasteiger partial charge in [0, 0.05) is 44.1 Å². The molecule has 0 unspecified atom stereocenters. The predicted octanol–water partition coefficient (Wildman–Crippen LogP) is 3.37. The van der Waals surface area contributed by atoms with Gasteiger partial charge in [-0.2, -0.15) is 5.26 Å². The fourth-order valence-electron chi connectivity index (χ4n) is 3.75. The lowest BCUT2D eigenvalue weighted by atomic mass is 10.1. The normalized spacial score (nSPS) is 14.5. The average molecular weight is 377 g/mol. The third-order valence-electron chi connectivity index (χ3n) is 5.12. The van der Waals surface area contributed by atoms with Gasteiger partial charge in [0.25, 0.3) is 0 Å². The molecule has 5 heteroatoms. The molecule has 2 aromatic rings. The van der Waals surface area contributed by atoms with E-state index in [1.54, 1.807) is 4.90 Å². The van der Waals surface area contributed by atoms with Gasteiger partial charge in [-0.15, -0.1) is 0 Å². The predicted molar refractivity (Wildman–Crippen MR) is 114 cm³/mol. The Kier molecular flexibility index (Phi) is 6.67. The Labute approximate surface area is 167 Å². The smallest absolute Gasteiger partial charge is 0.241 e. The number of para-hydroxylation sites is 1. The summed E-state index contributed by atoms with van der Waals surface area (Å²) in [4.78, 5) is 19.4. The van der Waals surface area contributed by atoms with Gasteiger partial charge in [-0.05, 0) is 49.2 Å². The van der Waals surface area contributed by atoms with E-state index >= 15 is 0 Å². The molecule has 1 fully saturated rings. The van der Waals surface area contributed by atoms with Crippen molar-refractivity contribution in [1.82, 2.24) is 4.90 Å². The van der Waals surface area contributed by atoms with E-state index < -0.39 is 0 Å². The zero-order chi connectivity index (χ0) is 19.9. The molecule has 1 heterocycles. The van der Waals surface area contributed by atoms with Crippen LogP contribution in [-0.4, -0.2) is 50.1 Å². The molecule has 1 saturated heterocycles. The molecule has 0 aliphatic carbocycles. The second-order valence-corrected chi connectivity index (χ2v) is 7.40. The van der Waals surface area contributed by atoms with Crippen molar-refractivity contribution in [2.45, 2.75) is 20.3 Å². The molecule has 0 atom stereocenters. The maximum absolute atomic E-state index is 13.1. The second kappa shape index (κ2) is 9.38. The quantitative estimate of drug-likeness (QED) is 0.776.